The third-order valence-electron chi connectivity index (χ3n) is 9.28. The lowest BCUT2D eigenvalue weighted by Gasteiger charge is -2.19. The SMILES string of the molecule is [2H]c1c([2H])c([2H])c2c(-c3cccc4ccccc34)c3c([2H])c([2H])c([2H])c([2H])c3c(-c3ccc(-c4cccc5oc6cc7ccccc7cc6c45)cc3)c2c1[2H]. The van der Waals surface area contributed by atoms with Crippen LogP contribution in [-0.4, -0.2) is 0 Å². The van der Waals surface area contributed by atoms with Gasteiger partial charge < -0.3 is 4.42 Å². The van der Waals surface area contributed by atoms with Crippen molar-refractivity contribution < 1.29 is 15.4 Å². The maximum absolute atomic E-state index is 9.32. The molecule has 0 aliphatic heterocycles. The van der Waals surface area contributed by atoms with Gasteiger partial charge in [0.15, 0.2) is 0 Å². The molecule has 10 rings (SSSR count). The van der Waals surface area contributed by atoms with Gasteiger partial charge in [-0.1, -0.05) is 151 Å². The Labute approximate surface area is 283 Å². The summed E-state index contributed by atoms with van der Waals surface area (Å²) in [5.74, 6) is 0. The van der Waals surface area contributed by atoms with Crippen molar-refractivity contribution in [2.24, 2.45) is 0 Å². The first kappa shape index (κ1) is 19.4. The van der Waals surface area contributed by atoms with Crippen molar-refractivity contribution in [3.05, 3.63) is 170 Å². The van der Waals surface area contributed by atoms with E-state index in [1.165, 1.54) is 0 Å². The second-order valence-corrected chi connectivity index (χ2v) is 11.8. The van der Waals surface area contributed by atoms with Crippen molar-refractivity contribution >= 4 is 65.0 Å². The van der Waals surface area contributed by atoms with E-state index < -0.39 is 24.2 Å². The van der Waals surface area contributed by atoms with E-state index in [0.717, 1.165) is 54.6 Å². The molecule has 0 spiro atoms. The van der Waals surface area contributed by atoms with E-state index in [1.807, 2.05) is 97.1 Å². The average molecular weight is 605 g/mol. The summed E-state index contributed by atoms with van der Waals surface area (Å²) >= 11 is 0. The molecular formula is C46H28O. The number of benzene rings is 9. The Morgan fingerprint density at radius 2 is 0.936 bits per heavy atom. The van der Waals surface area contributed by atoms with Crippen molar-refractivity contribution in [1.29, 1.82) is 0 Å². The quantitative estimate of drug-likeness (QED) is 0.183. The fourth-order valence-electron chi connectivity index (χ4n) is 7.20. The topological polar surface area (TPSA) is 13.1 Å². The fraction of sp³-hybridized carbons (Fsp3) is 0. The highest BCUT2D eigenvalue weighted by Gasteiger charge is 2.18. The molecule has 0 bridgehead atoms. The summed E-state index contributed by atoms with van der Waals surface area (Å²) in [6.07, 6.45) is 0. The van der Waals surface area contributed by atoms with Crippen molar-refractivity contribution in [2.75, 3.05) is 0 Å². The molecule has 9 aromatic carbocycles. The van der Waals surface area contributed by atoms with Crippen LogP contribution in [0.1, 0.15) is 11.0 Å². The van der Waals surface area contributed by atoms with Gasteiger partial charge in [-0.2, -0.15) is 0 Å². The molecule has 10 aromatic rings. The summed E-state index contributed by atoms with van der Waals surface area (Å²) in [7, 11) is 0. The van der Waals surface area contributed by atoms with Crippen LogP contribution in [0, 0.1) is 0 Å². The molecule has 0 aliphatic carbocycles. The monoisotopic (exact) mass is 604 g/mol. The molecule has 0 saturated heterocycles. The molecule has 0 radical (unpaired) electrons. The maximum Gasteiger partial charge on any atom is 0.136 e. The molecule has 0 aliphatic rings. The Kier molecular flexibility index (Phi) is 4.19. The van der Waals surface area contributed by atoms with Gasteiger partial charge in [0.25, 0.3) is 0 Å². The largest absolute Gasteiger partial charge is 0.456 e. The minimum absolute atomic E-state index is 0.189. The molecule has 0 saturated carbocycles. The third kappa shape index (κ3) is 3.97. The molecule has 0 atom stereocenters. The Balaban J connectivity index is 1.31. The van der Waals surface area contributed by atoms with E-state index >= 15 is 0 Å². The zero-order valence-electron chi connectivity index (χ0n) is 33.0. The Hall–Kier alpha value is -6.18. The van der Waals surface area contributed by atoms with Gasteiger partial charge in [0, 0.05) is 10.8 Å². The number of rotatable bonds is 3. The summed E-state index contributed by atoms with van der Waals surface area (Å²) in [6, 6.07) is 36.4. The van der Waals surface area contributed by atoms with Crippen molar-refractivity contribution in [3.8, 4) is 33.4 Å². The minimum atomic E-state index is -0.425. The molecule has 0 N–H and O–H groups in total. The molecule has 218 valence electrons. The molecule has 0 fully saturated rings. The highest BCUT2D eigenvalue weighted by atomic mass is 16.3. The summed E-state index contributed by atoms with van der Waals surface area (Å²) in [5.41, 5.74) is 5.18. The second-order valence-electron chi connectivity index (χ2n) is 11.8. The van der Waals surface area contributed by atoms with Gasteiger partial charge in [-0.05, 0) is 94.7 Å². The molecule has 1 nitrogen and oxygen atoms in total. The van der Waals surface area contributed by atoms with Gasteiger partial charge in [0.05, 0.1) is 11.0 Å². The van der Waals surface area contributed by atoms with Gasteiger partial charge in [0.2, 0.25) is 0 Å². The van der Waals surface area contributed by atoms with Crippen LogP contribution in [0.4, 0.5) is 0 Å². The Bertz CT molecular complexity index is 3210. The molecule has 47 heavy (non-hydrogen) atoms. The molecule has 1 heterocycles. The summed E-state index contributed by atoms with van der Waals surface area (Å²) < 4.78 is 78.7. The number of fused-ring (bicyclic) bond motifs is 7. The molecule has 1 aromatic heterocycles. The predicted octanol–water partition coefficient (Wildman–Crippen LogP) is 13.2. The normalized spacial score (nSPS) is 14.2. The maximum atomic E-state index is 9.32. The van der Waals surface area contributed by atoms with Gasteiger partial charge in [-0.15, -0.1) is 0 Å². The van der Waals surface area contributed by atoms with Crippen molar-refractivity contribution in [3.63, 3.8) is 0 Å². The first-order chi connectivity index (χ1) is 26.6. The van der Waals surface area contributed by atoms with Crippen LogP contribution < -0.4 is 0 Å². The lowest BCUT2D eigenvalue weighted by molar-refractivity contribution is 0.669. The number of hydrogen-bond acceptors (Lipinski definition) is 1. The van der Waals surface area contributed by atoms with E-state index in [2.05, 4.69) is 24.3 Å². The fourth-order valence-corrected chi connectivity index (χ4v) is 7.20. The van der Waals surface area contributed by atoms with E-state index in [-0.39, 0.29) is 45.7 Å². The molecule has 1 heteroatoms. The minimum Gasteiger partial charge on any atom is -0.456 e. The van der Waals surface area contributed by atoms with Crippen molar-refractivity contribution in [2.45, 2.75) is 0 Å². The van der Waals surface area contributed by atoms with Crippen LogP contribution in [0.2, 0.25) is 0 Å². The van der Waals surface area contributed by atoms with E-state index in [9.17, 15) is 5.48 Å². The van der Waals surface area contributed by atoms with Crippen LogP contribution in [-0.2, 0) is 0 Å². The lowest BCUT2D eigenvalue weighted by Crippen LogP contribution is -1.91. The van der Waals surface area contributed by atoms with E-state index in [1.54, 1.807) is 0 Å². The number of hydrogen-bond donors (Lipinski definition) is 0. The first-order valence-corrected chi connectivity index (χ1v) is 15.5. The zero-order valence-corrected chi connectivity index (χ0v) is 25.0. The van der Waals surface area contributed by atoms with Gasteiger partial charge in [-0.3, -0.25) is 0 Å². The highest BCUT2D eigenvalue weighted by molar-refractivity contribution is 6.23. The van der Waals surface area contributed by atoms with Crippen LogP contribution in [0.5, 0.6) is 0 Å². The summed E-state index contributed by atoms with van der Waals surface area (Å²) in [6.45, 7) is 0. The Morgan fingerprint density at radius 3 is 1.66 bits per heavy atom. The summed E-state index contributed by atoms with van der Waals surface area (Å²) in [4.78, 5) is 0. The van der Waals surface area contributed by atoms with Gasteiger partial charge in [-0.25, -0.2) is 0 Å². The number of furan rings is 1. The standard InChI is InChI=1S/C46H28O/c1-2-13-33-28-43-41(27-32(33)12-1)46-35(20-10-22-42(46)47-43)30-23-25-31(26-24-30)44-37-16-5-7-18-39(37)45(40-19-8-6-17-38(40)44)36-21-9-14-29-11-3-4-15-34(29)36/h1-28H/i5D,6D,7D,8D,16D,17D,18D,19D. The smallest absolute Gasteiger partial charge is 0.136 e. The van der Waals surface area contributed by atoms with Crippen LogP contribution in [0.25, 0.3) is 98.4 Å². The van der Waals surface area contributed by atoms with Gasteiger partial charge in [0.1, 0.15) is 11.2 Å². The lowest BCUT2D eigenvalue weighted by atomic mass is 9.84. The van der Waals surface area contributed by atoms with Crippen LogP contribution in [0.15, 0.2) is 174 Å². The molecular weight excluding hydrogens is 569 g/mol. The predicted molar refractivity (Wildman–Crippen MR) is 200 cm³/mol. The van der Waals surface area contributed by atoms with E-state index in [0.29, 0.717) is 22.3 Å². The molecule has 0 amide bonds. The molecule has 0 unspecified atom stereocenters. The van der Waals surface area contributed by atoms with Crippen molar-refractivity contribution in [1.82, 2.24) is 0 Å². The van der Waals surface area contributed by atoms with Crippen LogP contribution >= 0.6 is 0 Å². The second kappa shape index (κ2) is 10.2. The average Bonchev–Trinajstić information content (AvgIpc) is 3.59. The zero-order chi connectivity index (χ0) is 37.9. The third-order valence-corrected chi connectivity index (χ3v) is 9.28. The first-order valence-electron chi connectivity index (χ1n) is 19.5. The van der Waals surface area contributed by atoms with Crippen LogP contribution in [0.3, 0.4) is 0 Å². The van der Waals surface area contributed by atoms with Gasteiger partial charge >= 0.3 is 0 Å². The summed E-state index contributed by atoms with van der Waals surface area (Å²) in [5, 5.41) is 6.58. The highest BCUT2D eigenvalue weighted by Crippen LogP contribution is 2.46. The Morgan fingerprint density at radius 1 is 0.383 bits per heavy atom. The van der Waals surface area contributed by atoms with E-state index in [4.69, 9.17) is 9.90 Å².